The van der Waals surface area contributed by atoms with Crippen molar-refractivity contribution in [2.75, 3.05) is 0 Å². The number of unbranched alkanes of at least 4 members (excludes halogenated alkanes) is 6. The monoisotopic (exact) mass is 447 g/mol. The van der Waals surface area contributed by atoms with E-state index in [2.05, 4.69) is 42.7 Å². The largest absolute Gasteiger partial charge is 0.288 e. The van der Waals surface area contributed by atoms with E-state index in [1.807, 2.05) is 12.1 Å². The summed E-state index contributed by atoms with van der Waals surface area (Å²) in [5.41, 5.74) is 4.88. The second-order valence-electron chi connectivity index (χ2n) is 8.89. The van der Waals surface area contributed by atoms with Gasteiger partial charge in [0.2, 0.25) is 0 Å². The number of carbonyl (C=O) groups excluding carboxylic acids is 2. The zero-order valence-electron chi connectivity index (χ0n) is 19.3. The van der Waals surface area contributed by atoms with Gasteiger partial charge < -0.3 is 0 Å². The van der Waals surface area contributed by atoms with Crippen molar-refractivity contribution in [3.63, 3.8) is 0 Å². The summed E-state index contributed by atoms with van der Waals surface area (Å²) in [5, 5.41) is 6.56. The Morgan fingerprint density at radius 3 is 2.28 bits per heavy atom. The van der Waals surface area contributed by atoms with E-state index < -0.39 is 0 Å². The Labute approximate surface area is 195 Å². The van der Waals surface area contributed by atoms with Gasteiger partial charge in [-0.3, -0.25) is 14.9 Å². The van der Waals surface area contributed by atoms with Gasteiger partial charge in [-0.25, -0.2) is 0 Å². The van der Waals surface area contributed by atoms with Gasteiger partial charge in [-0.1, -0.05) is 64.5 Å². The van der Waals surface area contributed by atoms with Crippen LogP contribution in [0.1, 0.15) is 97.1 Å². The molecular weight excluding hydrogens is 414 g/mol. The lowest BCUT2D eigenvalue weighted by Crippen LogP contribution is -2.36. The Morgan fingerprint density at radius 1 is 0.844 bits per heavy atom. The average Bonchev–Trinajstić information content (AvgIpc) is 3.33. The van der Waals surface area contributed by atoms with E-state index >= 15 is 0 Å². The molecule has 4 heteroatoms. The summed E-state index contributed by atoms with van der Waals surface area (Å²) >= 11 is 1.67. The fourth-order valence-electron chi connectivity index (χ4n) is 4.87. The second kappa shape index (κ2) is 10.4. The summed E-state index contributed by atoms with van der Waals surface area (Å²) in [6.45, 7) is 4.45. The first-order chi connectivity index (χ1) is 15.6. The SMILES string of the molecule is CCCCCCc1cc2cc(-c3cccs3)cc3c2c(c1CCCCCC)C(=O)NC3=O. The van der Waals surface area contributed by atoms with Crippen LogP contribution in [-0.2, 0) is 12.8 Å². The fourth-order valence-corrected chi connectivity index (χ4v) is 5.59. The van der Waals surface area contributed by atoms with Crippen LogP contribution in [0.15, 0.2) is 35.7 Å². The van der Waals surface area contributed by atoms with Gasteiger partial charge >= 0.3 is 0 Å². The summed E-state index contributed by atoms with van der Waals surface area (Å²) in [6, 6.07) is 10.5. The number of nitrogens with one attached hydrogen (secondary N) is 1. The second-order valence-corrected chi connectivity index (χ2v) is 9.84. The Morgan fingerprint density at radius 2 is 1.59 bits per heavy atom. The van der Waals surface area contributed by atoms with Crippen LogP contribution in [0.2, 0.25) is 0 Å². The molecule has 0 atom stereocenters. The minimum absolute atomic E-state index is 0.225. The van der Waals surface area contributed by atoms with Gasteiger partial charge in [0.05, 0.1) is 5.56 Å². The Hall–Kier alpha value is -2.46. The third-order valence-electron chi connectivity index (χ3n) is 6.52. The topological polar surface area (TPSA) is 46.2 Å². The Balaban J connectivity index is 1.85. The lowest BCUT2D eigenvalue weighted by Gasteiger charge is -2.23. The van der Waals surface area contributed by atoms with Crippen LogP contribution in [0.5, 0.6) is 0 Å². The third kappa shape index (κ3) is 4.66. The molecule has 0 radical (unpaired) electrons. The van der Waals surface area contributed by atoms with Gasteiger partial charge in [-0.05, 0) is 71.3 Å². The van der Waals surface area contributed by atoms with Crippen LogP contribution in [0.3, 0.4) is 0 Å². The molecule has 2 heterocycles. The maximum Gasteiger partial charge on any atom is 0.259 e. The predicted molar refractivity (Wildman–Crippen MR) is 135 cm³/mol. The highest BCUT2D eigenvalue weighted by Gasteiger charge is 2.29. The lowest BCUT2D eigenvalue weighted by atomic mass is 9.84. The van der Waals surface area contributed by atoms with Gasteiger partial charge in [0.25, 0.3) is 11.8 Å². The number of hydrogen-bond donors (Lipinski definition) is 1. The summed E-state index contributed by atoms with van der Waals surface area (Å²) in [7, 11) is 0. The number of amides is 2. The highest BCUT2D eigenvalue weighted by Crippen LogP contribution is 2.37. The van der Waals surface area contributed by atoms with Crippen LogP contribution >= 0.6 is 11.3 Å². The molecule has 1 aliphatic heterocycles. The van der Waals surface area contributed by atoms with E-state index in [4.69, 9.17) is 0 Å². The fraction of sp³-hybridized carbons (Fsp3) is 0.429. The van der Waals surface area contributed by atoms with Gasteiger partial charge in [0.1, 0.15) is 0 Å². The molecule has 0 saturated heterocycles. The van der Waals surface area contributed by atoms with E-state index in [1.165, 1.54) is 49.7 Å². The first-order valence-electron chi connectivity index (χ1n) is 12.2. The molecule has 0 unspecified atom stereocenters. The number of imide groups is 1. The molecule has 4 rings (SSSR count). The summed E-state index contributed by atoms with van der Waals surface area (Å²) in [6.07, 6.45) is 11.4. The number of benzene rings is 2. The Kier molecular flexibility index (Phi) is 7.41. The number of rotatable bonds is 11. The maximum atomic E-state index is 13.1. The minimum atomic E-state index is -0.279. The molecule has 0 aliphatic carbocycles. The maximum absolute atomic E-state index is 13.1. The standard InChI is InChI=1S/C28H33NO2S/c1-3-5-7-9-12-19-16-21-17-20(24-14-11-15-32-24)18-23-25(21)26(28(31)29-27(23)30)22(19)13-10-8-6-4-2/h11,14-18H,3-10,12-13H2,1-2H3,(H,29,30,31). The van der Waals surface area contributed by atoms with Gasteiger partial charge in [0.15, 0.2) is 0 Å². The third-order valence-corrected chi connectivity index (χ3v) is 7.44. The minimum Gasteiger partial charge on any atom is -0.288 e. The molecule has 2 aromatic carbocycles. The molecule has 1 aliphatic rings. The van der Waals surface area contributed by atoms with Crippen molar-refractivity contribution >= 4 is 33.9 Å². The lowest BCUT2D eigenvalue weighted by molar-refractivity contribution is 0.0844. The molecule has 1 N–H and O–H groups in total. The van der Waals surface area contributed by atoms with Crippen molar-refractivity contribution in [3.05, 3.63) is 58.0 Å². The first kappa shape index (κ1) is 22.7. The number of thiophene rings is 1. The van der Waals surface area contributed by atoms with Gasteiger partial charge in [0, 0.05) is 15.8 Å². The predicted octanol–water partition coefficient (Wildman–Crippen LogP) is 7.70. The molecule has 0 bridgehead atoms. The molecule has 32 heavy (non-hydrogen) atoms. The normalized spacial score (nSPS) is 13.1. The summed E-state index contributed by atoms with van der Waals surface area (Å²) in [5.74, 6) is -0.504. The molecule has 168 valence electrons. The quantitative estimate of drug-likeness (QED) is 0.242. The number of hydrogen-bond acceptors (Lipinski definition) is 3. The number of aryl methyl sites for hydroxylation is 1. The van der Waals surface area contributed by atoms with E-state index in [9.17, 15) is 9.59 Å². The molecule has 1 aromatic heterocycles. The zero-order chi connectivity index (χ0) is 22.5. The van der Waals surface area contributed by atoms with Crippen molar-refractivity contribution in [1.82, 2.24) is 5.32 Å². The summed E-state index contributed by atoms with van der Waals surface area (Å²) in [4.78, 5) is 27.1. The van der Waals surface area contributed by atoms with Crippen LogP contribution in [-0.4, -0.2) is 11.8 Å². The zero-order valence-corrected chi connectivity index (χ0v) is 20.1. The molecule has 0 spiro atoms. The highest BCUT2D eigenvalue weighted by molar-refractivity contribution is 7.13. The molecule has 3 nitrogen and oxygen atoms in total. The van der Waals surface area contributed by atoms with Crippen LogP contribution in [0.4, 0.5) is 0 Å². The summed E-state index contributed by atoms with van der Waals surface area (Å²) < 4.78 is 0. The highest BCUT2D eigenvalue weighted by atomic mass is 32.1. The van der Waals surface area contributed by atoms with Crippen molar-refractivity contribution in [3.8, 4) is 10.4 Å². The van der Waals surface area contributed by atoms with E-state index in [0.717, 1.165) is 52.5 Å². The van der Waals surface area contributed by atoms with Crippen LogP contribution in [0, 0.1) is 0 Å². The molecule has 3 aromatic rings. The molecule has 0 saturated carbocycles. The van der Waals surface area contributed by atoms with Crippen LogP contribution in [0.25, 0.3) is 21.2 Å². The van der Waals surface area contributed by atoms with E-state index in [1.54, 1.807) is 11.3 Å². The molecule has 0 fully saturated rings. The molecular formula is C28H33NO2S. The van der Waals surface area contributed by atoms with Crippen LogP contribution < -0.4 is 5.32 Å². The average molecular weight is 448 g/mol. The van der Waals surface area contributed by atoms with Gasteiger partial charge in [-0.2, -0.15) is 0 Å². The smallest absolute Gasteiger partial charge is 0.259 e. The van der Waals surface area contributed by atoms with E-state index in [0.29, 0.717) is 5.56 Å². The van der Waals surface area contributed by atoms with E-state index in [-0.39, 0.29) is 11.8 Å². The van der Waals surface area contributed by atoms with Crippen molar-refractivity contribution < 1.29 is 9.59 Å². The van der Waals surface area contributed by atoms with Crippen molar-refractivity contribution in [2.45, 2.75) is 78.1 Å². The van der Waals surface area contributed by atoms with Crippen molar-refractivity contribution in [1.29, 1.82) is 0 Å². The first-order valence-corrected chi connectivity index (χ1v) is 13.0. The Bertz CT molecular complexity index is 1110. The van der Waals surface area contributed by atoms with Gasteiger partial charge in [-0.15, -0.1) is 11.3 Å². The molecule has 2 amide bonds. The van der Waals surface area contributed by atoms with Crippen molar-refractivity contribution in [2.24, 2.45) is 0 Å². The number of carbonyl (C=O) groups is 2.